The normalized spacial score (nSPS) is 23.2. The summed E-state index contributed by atoms with van der Waals surface area (Å²) in [6.07, 6.45) is 0. The standard InChI is InChI=1S/C10H13BrClNS2/c11-9-1-3-15-10(9)6-13-2-4-14-7-8(13)5-12/h1,3,8H,2,4-7H2. The van der Waals surface area contributed by atoms with Crippen LogP contribution in [0.1, 0.15) is 4.88 Å². The van der Waals surface area contributed by atoms with Crippen LogP contribution in [0.4, 0.5) is 0 Å². The van der Waals surface area contributed by atoms with Crippen molar-refractivity contribution in [2.45, 2.75) is 12.6 Å². The van der Waals surface area contributed by atoms with E-state index in [0.29, 0.717) is 6.04 Å². The molecule has 0 saturated carbocycles. The van der Waals surface area contributed by atoms with Gasteiger partial charge in [-0.3, -0.25) is 4.90 Å². The summed E-state index contributed by atoms with van der Waals surface area (Å²) < 4.78 is 1.24. The van der Waals surface area contributed by atoms with Gasteiger partial charge in [0.1, 0.15) is 0 Å². The number of thioether (sulfide) groups is 1. The van der Waals surface area contributed by atoms with Crippen LogP contribution in [0.15, 0.2) is 15.9 Å². The lowest BCUT2D eigenvalue weighted by Crippen LogP contribution is -2.42. The predicted molar refractivity (Wildman–Crippen MR) is 74.3 cm³/mol. The highest BCUT2D eigenvalue weighted by atomic mass is 79.9. The molecule has 0 amide bonds. The van der Waals surface area contributed by atoms with Gasteiger partial charge in [0.25, 0.3) is 0 Å². The SMILES string of the molecule is ClCC1CSCCN1Cc1sccc1Br. The van der Waals surface area contributed by atoms with Crippen LogP contribution in [0.5, 0.6) is 0 Å². The van der Waals surface area contributed by atoms with Gasteiger partial charge in [-0.25, -0.2) is 0 Å². The lowest BCUT2D eigenvalue weighted by Gasteiger charge is -2.33. The van der Waals surface area contributed by atoms with E-state index in [4.69, 9.17) is 11.6 Å². The van der Waals surface area contributed by atoms with Crippen LogP contribution < -0.4 is 0 Å². The van der Waals surface area contributed by atoms with E-state index in [2.05, 4.69) is 32.3 Å². The smallest absolute Gasteiger partial charge is 0.0387 e. The summed E-state index contributed by atoms with van der Waals surface area (Å²) in [4.78, 5) is 3.91. The molecule has 1 atom stereocenters. The van der Waals surface area contributed by atoms with Gasteiger partial charge in [0.2, 0.25) is 0 Å². The molecule has 0 spiro atoms. The molecule has 1 aliphatic rings. The van der Waals surface area contributed by atoms with E-state index in [9.17, 15) is 0 Å². The van der Waals surface area contributed by atoms with Crippen LogP contribution in [0.3, 0.4) is 0 Å². The Bertz CT molecular complexity index is 318. The van der Waals surface area contributed by atoms with E-state index in [1.165, 1.54) is 20.9 Å². The molecule has 1 aromatic rings. The van der Waals surface area contributed by atoms with E-state index in [0.717, 1.165) is 19.0 Å². The van der Waals surface area contributed by atoms with E-state index >= 15 is 0 Å². The molecule has 1 aromatic heterocycles. The largest absolute Gasteiger partial charge is 0.292 e. The molecule has 1 aliphatic heterocycles. The van der Waals surface area contributed by atoms with Crippen molar-refractivity contribution < 1.29 is 0 Å². The van der Waals surface area contributed by atoms with Crippen LogP contribution in [0.25, 0.3) is 0 Å². The van der Waals surface area contributed by atoms with Gasteiger partial charge in [-0.05, 0) is 27.4 Å². The topological polar surface area (TPSA) is 3.24 Å². The molecule has 0 bridgehead atoms. The minimum Gasteiger partial charge on any atom is -0.292 e. The number of rotatable bonds is 3. The van der Waals surface area contributed by atoms with Gasteiger partial charge in [-0.1, -0.05) is 0 Å². The first-order chi connectivity index (χ1) is 7.31. The maximum Gasteiger partial charge on any atom is 0.0387 e. The molecule has 84 valence electrons. The third kappa shape index (κ3) is 3.13. The summed E-state index contributed by atoms with van der Waals surface area (Å²) >= 11 is 13.4. The van der Waals surface area contributed by atoms with Gasteiger partial charge < -0.3 is 0 Å². The van der Waals surface area contributed by atoms with Crippen LogP contribution in [-0.4, -0.2) is 34.9 Å². The number of hydrogen-bond donors (Lipinski definition) is 0. The number of alkyl halides is 1. The Hall–Kier alpha value is 0.780. The molecular formula is C10H13BrClNS2. The summed E-state index contributed by atoms with van der Waals surface area (Å²) in [5.74, 6) is 3.15. The Morgan fingerprint density at radius 2 is 2.47 bits per heavy atom. The summed E-state index contributed by atoms with van der Waals surface area (Å²) in [6, 6.07) is 2.66. The fourth-order valence-electron chi connectivity index (χ4n) is 1.66. The molecule has 0 aliphatic carbocycles. The van der Waals surface area contributed by atoms with Crippen molar-refractivity contribution in [3.05, 3.63) is 20.8 Å². The molecule has 5 heteroatoms. The summed E-state index contributed by atoms with van der Waals surface area (Å²) in [5, 5.41) is 2.13. The van der Waals surface area contributed by atoms with Crippen LogP contribution in [0, 0.1) is 0 Å². The fraction of sp³-hybridized carbons (Fsp3) is 0.600. The summed E-state index contributed by atoms with van der Waals surface area (Å²) in [6.45, 7) is 2.20. The van der Waals surface area contributed by atoms with Crippen LogP contribution in [-0.2, 0) is 6.54 Å². The zero-order chi connectivity index (χ0) is 10.7. The molecule has 1 saturated heterocycles. The van der Waals surface area contributed by atoms with Gasteiger partial charge in [0.15, 0.2) is 0 Å². The Kier molecular flexibility index (Phi) is 4.83. The first-order valence-electron chi connectivity index (χ1n) is 4.91. The maximum atomic E-state index is 5.99. The molecule has 1 fully saturated rings. The third-order valence-electron chi connectivity index (χ3n) is 2.57. The number of nitrogens with zero attached hydrogens (tertiary/aromatic N) is 1. The first-order valence-corrected chi connectivity index (χ1v) is 8.27. The molecular weight excluding hydrogens is 314 g/mol. The van der Waals surface area contributed by atoms with Crippen molar-refractivity contribution in [2.75, 3.05) is 23.9 Å². The van der Waals surface area contributed by atoms with Gasteiger partial charge >= 0.3 is 0 Å². The van der Waals surface area contributed by atoms with Gasteiger partial charge in [0, 0.05) is 45.9 Å². The van der Waals surface area contributed by atoms with E-state index in [1.54, 1.807) is 0 Å². The maximum absolute atomic E-state index is 5.99. The summed E-state index contributed by atoms with van der Waals surface area (Å²) in [7, 11) is 0. The highest BCUT2D eigenvalue weighted by Crippen LogP contribution is 2.27. The quantitative estimate of drug-likeness (QED) is 0.780. The van der Waals surface area contributed by atoms with Crippen molar-refractivity contribution in [3.8, 4) is 0 Å². The van der Waals surface area contributed by atoms with Crippen molar-refractivity contribution in [2.24, 2.45) is 0 Å². The molecule has 1 unspecified atom stereocenters. The monoisotopic (exact) mass is 325 g/mol. The molecule has 1 nitrogen and oxygen atoms in total. The van der Waals surface area contributed by atoms with Gasteiger partial charge in [-0.2, -0.15) is 11.8 Å². The number of hydrogen-bond acceptors (Lipinski definition) is 3. The molecule has 0 aromatic carbocycles. The zero-order valence-corrected chi connectivity index (χ0v) is 12.3. The minimum absolute atomic E-state index is 0.541. The minimum atomic E-state index is 0.541. The molecule has 2 rings (SSSR count). The van der Waals surface area contributed by atoms with Crippen LogP contribution >= 0.6 is 50.6 Å². The van der Waals surface area contributed by atoms with Gasteiger partial charge in [-0.15, -0.1) is 22.9 Å². The zero-order valence-electron chi connectivity index (χ0n) is 8.29. The second-order valence-corrected chi connectivity index (χ2v) is 6.86. The average molecular weight is 327 g/mol. The Labute approximate surface area is 112 Å². The fourth-order valence-corrected chi connectivity index (χ4v) is 4.73. The Morgan fingerprint density at radius 1 is 1.60 bits per heavy atom. The van der Waals surface area contributed by atoms with E-state index in [-0.39, 0.29) is 0 Å². The van der Waals surface area contributed by atoms with Gasteiger partial charge in [0.05, 0.1) is 0 Å². The Morgan fingerprint density at radius 3 is 3.13 bits per heavy atom. The second-order valence-electron chi connectivity index (χ2n) is 3.55. The molecule has 2 heterocycles. The average Bonchev–Trinajstić information content (AvgIpc) is 2.65. The van der Waals surface area contributed by atoms with E-state index in [1.807, 2.05) is 23.1 Å². The highest BCUT2D eigenvalue weighted by molar-refractivity contribution is 9.10. The highest BCUT2D eigenvalue weighted by Gasteiger charge is 2.22. The van der Waals surface area contributed by atoms with E-state index < -0.39 is 0 Å². The molecule has 0 N–H and O–H groups in total. The van der Waals surface area contributed by atoms with Crippen molar-refractivity contribution >= 4 is 50.6 Å². The predicted octanol–water partition coefficient (Wildman–Crippen LogP) is 3.67. The molecule has 15 heavy (non-hydrogen) atoms. The lowest BCUT2D eigenvalue weighted by atomic mass is 10.3. The van der Waals surface area contributed by atoms with Crippen LogP contribution in [0.2, 0.25) is 0 Å². The Balaban J connectivity index is 2.00. The summed E-state index contributed by atoms with van der Waals surface area (Å²) in [5.41, 5.74) is 0. The number of halogens is 2. The first kappa shape index (κ1) is 12.2. The third-order valence-corrected chi connectivity index (χ3v) is 5.92. The lowest BCUT2D eigenvalue weighted by molar-refractivity contribution is 0.228. The van der Waals surface area contributed by atoms with Crippen molar-refractivity contribution in [3.63, 3.8) is 0 Å². The molecule has 0 radical (unpaired) electrons. The number of thiophene rings is 1. The van der Waals surface area contributed by atoms with Crippen molar-refractivity contribution in [1.82, 2.24) is 4.90 Å². The van der Waals surface area contributed by atoms with Crippen molar-refractivity contribution in [1.29, 1.82) is 0 Å². The second kappa shape index (κ2) is 5.92.